The monoisotopic (exact) mass is 295 g/mol. The molecular formula is C16H25NO2S. The number of rotatable bonds is 6. The second kappa shape index (κ2) is 8.20. The van der Waals surface area contributed by atoms with Gasteiger partial charge in [0, 0.05) is 11.4 Å². The first-order valence-corrected chi connectivity index (χ1v) is 8.23. The number of anilines is 1. The van der Waals surface area contributed by atoms with Crippen LogP contribution in [0.4, 0.5) is 10.5 Å². The van der Waals surface area contributed by atoms with E-state index < -0.39 is 11.7 Å². The van der Waals surface area contributed by atoms with Gasteiger partial charge in [-0.15, -0.1) is 0 Å². The third-order valence-electron chi connectivity index (χ3n) is 2.51. The molecule has 4 heteroatoms. The van der Waals surface area contributed by atoms with Crippen LogP contribution in [-0.4, -0.2) is 17.4 Å². The highest BCUT2D eigenvalue weighted by atomic mass is 32.2. The van der Waals surface area contributed by atoms with Gasteiger partial charge in [-0.2, -0.15) is 11.8 Å². The molecule has 0 heterocycles. The number of ether oxygens (including phenoxy) is 1. The van der Waals surface area contributed by atoms with Crippen LogP contribution in [0.25, 0.3) is 0 Å². The Balaban J connectivity index is 2.40. The molecule has 0 aliphatic heterocycles. The summed E-state index contributed by atoms with van der Waals surface area (Å²) in [5, 5.41) is 2.73. The molecule has 0 aliphatic rings. The molecular weight excluding hydrogens is 270 g/mol. The van der Waals surface area contributed by atoms with E-state index in [9.17, 15) is 4.79 Å². The smallest absolute Gasteiger partial charge is 0.412 e. The number of unbranched alkanes of at least 4 members (excludes halogenated alkanes) is 1. The highest BCUT2D eigenvalue weighted by molar-refractivity contribution is 7.98. The van der Waals surface area contributed by atoms with E-state index in [1.54, 1.807) is 0 Å². The van der Waals surface area contributed by atoms with Gasteiger partial charge in [0.1, 0.15) is 5.60 Å². The van der Waals surface area contributed by atoms with Gasteiger partial charge in [-0.3, -0.25) is 5.32 Å². The molecule has 3 nitrogen and oxygen atoms in total. The number of hydrogen-bond acceptors (Lipinski definition) is 3. The lowest BCUT2D eigenvalue weighted by atomic mass is 10.2. The van der Waals surface area contributed by atoms with Crippen LogP contribution in [0.2, 0.25) is 0 Å². The number of thioether (sulfide) groups is 1. The first-order chi connectivity index (χ1) is 9.40. The summed E-state index contributed by atoms with van der Waals surface area (Å²) in [5.41, 5.74) is 1.57. The molecule has 1 N–H and O–H groups in total. The minimum atomic E-state index is -0.472. The van der Waals surface area contributed by atoms with Crippen molar-refractivity contribution in [2.75, 3.05) is 11.1 Å². The van der Waals surface area contributed by atoms with Gasteiger partial charge in [-0.1, -0.05) is 25.5 Å². The standard InChI is InChI=1S/C16H25NO2S/c1-5-6-11-20-12-13-7-9-14(10-8-13)17-15(18)19-16(2,3)4/h7-10H,5-6,11-12H2,1-4H3,(H,17,18). The zero-order valence-electron chi connectivity index (χ0n) is 12.9. The summed E-state index contributed by atoms with van der Waals surface area (Å²) in [6.07, 6.45) is 2.09. The van der Waals surface area contributed by atoms with Crippen molar-refractivity contribution in [3.8, 4) is 0 Å². The first-order valence-electron chi connectivity index (χ1n) is 7.07. The molecule has 1 amide bonds. The van der Waals surface area contributed by atoms with Crippen LogP contribution in [0.5, 0.6) is 0 Å². The van der Waals surface area contributed by atoms with Crippen molar-refractivity contribution < 1.29 is 9.53 Å². The molecule has 20 heavy (non-hydrogen) atoms. The van der Waals surface area contributed by atoms with E-state index in [-0.39, 0.29) is 0 Å². The quantitative estimate of drug-likeness (QED) is 0.745. The Hall–Kier alpha value is -1.16. The predicted molar refractivity (Wildman–Crippen MR) is 87.4 cm³/mol. The molecule has 0 aliphatic carbocycles. The topological polar surface area (TPSA) is 38.3 Å². The van der Waals surface area contributed by atoms with Crippen LogP contribution in [0.15, 0.2) is 24.3 Å². The van der Waals surface area contributed by atoms with Crippen molar-refractivity contribution in [2.24, 2.45) is 0 Å². The summed E-state index contributed by atoms with van der Waals surface area (Å²) in [7, 11) is 0. The molecule has 1 aromatic rings. The predicted octanol–water partition coefficient (Wildman–Crippen LogP) is 5.07. The van der Waals surface area contributed by atoms with Crippen LogP contribution < -0.4 is 5.32 Å². The van der Waals surface area contributed by atoms with Crippen LogP contribution in [0.3, 0.4) is 0 Å². The minimum Gasteiger partial charge on any atom is -0.444 e. The fourth-order valence-electron chi connectivity index (χ4n) is 1.54. The number of carbonyl (C=O) groups is 1. The van der Waals surface area contributed by atoms with Crippen LogP contribution >= 0.6 is 11.8 Å². The van der Waals surface area contributed by atoms with Gasteiger partial charge < -0.3 is 4.74 Å². The van der Waals surface area contributed by atoms with Crippen LogP contribution in [0, 0.1) is 0 Å². The van der Waals surface area contributed by atoms with Crippen molar-refractivity contribution in [1.29, 1.82) is 0 Å². The Labute approximate surface area is 126 Å². The van der Waals surface area contributed by atoms with Crippen molar-refractivity contribution in [1.82, 2.24) is 0 Å². The summed E-state index contributed by atoms with van der Waals surface area (Å²) in [5.74, 6) is 2.22. The van der Waals surface area contributed by atoms with E-state index >= 15 is 0 Å². The molecule has 0 saturated carbocycles. The van der Waals surface area contributed by atoms with Gasteiger partial charge in [-0.25, -0.2) is 4.79 Å². The Bertz CT molecular complexity index is 409. The fraction of sp³-hybridized carbons (Fsp3) is 0.562. The number of amides is 1. The van der Waals surface area contributed by atoms with E-state index in [0.717, 1.165) is 11.4 Å². The maximum Gasteiger partial charge on any atom is 0.412 e. The Kier molecular flexibility index (Phi) is 6.93. The lowest BCUT2D eigenvalue weighted by Gasteiger charge is -2.19. The van der Waals surface area contributed by atoms with E-state index in [4.69, 9.17) is 4.74 Å². The molecule has 1 aromatic carbocycles. The zero-order valence-corrected chi connectivity index (χ0v) is 13.7. The summed E-state index contributed by atoms with van der Waals surface area (Å²) < 4.78 is 5.21. The first kappa shape index (κ1) is 16.9. The maximum atomic E-state index is 11.6. The third kappa shape index (κ3) is 7.43. The van der Waals surface area contributed by atoms with Crippen molar-refractivity contribution in [2.45, 2.75) is 51.9 Å². The lowest BCUT2D eigenvalue weighted by molar-refractivity contribution is 0.0636. The Morgan fingerprint density at radius 1 is 1.25 bits per heavy atom. The normalized spacial score (nSPS) is 11.2. The molecule has 1 rings (SSSR count). The van der Waals surface area contributed by atoms with E-state index in [1.165, 1.54) is 24.2 Å². The fourth-order valence-corrected chi connectivity index (χ4v) is 2.61. The van der Waals surface area contributed by atoms with Gasteiger partial charge in [0.05, 0.1) is 0 Å². The van der Waals surface area contributed by atoms with Gasteiger partial charge >= 0.3 is 6.09 Å². The minimum absolute atomic E-state index is 0.414. The molecule has 0 atom stereocenters. The number of nitrogens with one attached hydrogen (secondary N) is 1. The highest BCUT2D eigenvalue weighted by Crippen LogP contribution is 2.17. The SMILES string of the molecule is CCCCSCc1ccc(NC(=O)OC(C)(C)C)cc1. The van der Waals surface area contributed by atoms with Crippen molar-refractivity contribution >= 4 is 23.5 Å². The average molecular weight is 295 g/mol. The van der Waals surface area contributed by atoms with Gasteiger partial charge in [-0.05, 0) is 50.6 Å². The zero-order chi connectivity index (χ0) is 15.0. The van der Waals surface area contributed by atoms with Crippen molar-refractivity contribution in [3.05, 3.63) is 29.8 Å². The summed E-state index contributed by atoms with van der Waals surface area (Å²) >= 11 is 1.95. The molecule has 0 saturated heterocycles. The molecule has 0 spiro atoms. The average Bonchev–Trinajstić information content (AvgIpc) is 2.34. The summed E-state index contributed by atoms with van der Waals surface area (Å²) in [4.78, 5) is 11.6. The maximum absolute atomic E-state index is 11.6. The second-order valence-corrected chi connectivity index (χ2v) is 6.84. The lowest BCUT2D eigenvalue weighted by Crippen LogP contribution is -2.27. The highest BCUT2D eigenvalue weighted by Gasteiger charge is 2.15. The summed E-state index contributed by atoms with van der Waals surface area (Å²) in [6, 6.07) is 7.93. The van der Waals surface area contributed by atoms with Crippen molar-refractivity contribution in [3.63, 3.8) is 0 Å². The Morgan fingerprint density at radius 2 is 1.90 bits per heavy atom. The third-order valence-corrected chi connectivity index (χ3v) is 3.62. The van der Waals surface area contributed by atoms with E-state index in [1.807, 2.05) is 56.8 Å². The van der Waals surface area contributed by atoms with Gasteiger partial charge in [0.2, 0.25) is 0 Å². The van der Waals surface area contributed by atoms with E-state index in [2.05, 4.69) is 12.2 Å². The molecule has 0 unspecified atom stereocenters. The number of hydrogen-bond donors (Lipinski definition) is 1. The summed E-state index contributed by atoms with van der Waals surface area (Å²) in [6.45, 7) is 7.76. The molecule has 0 radical (unpaired) electrons. The largest absolute Gasteiger partial charge is 0.444 e. The van der Waals surface area contributed by atoms with Crippen LogP contribution in [-0.2, 0) is 10.5 Å². The molecule has 0 aromatic heterocycles. The van der Waals surface area contributed by atoms with Crippen LogP contribution in [0.1, 0.15) is 46.1 Å². The Morgan fingerprint density at radius 3 is 2.45 bits per heavy atom. The number of carbonyl (C=O) groups excluding carboxylic acids is 1. The van der Waals surface area contributed by atoms with Gasteiger partial charge in [0.25, 0.3) is 0 Å². The molecule has 0 bridgehead atoms. The van der Waals surface area contributed by atoms with E-state index in [0.29, 0.717) is 0 Å². The number of benzene rings is 1. The van der Waals surface area contributed by atoms with Gasteiger partial charge in [0.15, 0.2) is 0 Å². The molecule has 112 valence electrons. The molecule has 0 fully saturated rings. The second-order valence-electron chi connectivity index (χ2n) is 5.73.